The summed E-state index contributed by atoms with van der Waals surface area (Å²) in [6.45, 7) is 0. The van der Waals surface area contributed by atoms with E-state index in [1.807, 2.05) is 30.3 Å². The van der Waals surface area contributed by atoms with Crippen molar-refractivity contribution in [2.75, 3.05) is 16.5 Å². The normalized spacial score (nSPS) is 14.2. The zero-order valence-corrected chi connectivity index (χ0v) is 14.8. The summed E-state index contributed by atoms with van der Waals surface area (Å²) in [5, 5.41) is 14.8. The number of hydrogen-bond acceptors (Lipinski definition) is 6. The van der Waals surface area contributed by atoms with Crippen molar-refractivity contribution in [3.63, 3.8) is 0 Å². The van der Waals surface area contributed by atoms with Gasteiger partial charge < -0.3 is 5.32 Å². The van der Waals surface area contributed by atoms with Crippen LogP contribution in [0, 0.1) is 0 Å². The molecule has 0 radical (unpaired) electrons. The first-order valence-corrected chi connectivity index (χ1v) is 9.50. The second kappa shape index (κ2) is 9.22. The number of hydrazone groups is 1. The monoisotopic (exact) mass is 358 g/mol. The third-order valence-corrected chi connectivity index (χ3v) is 4.68. The van der Waals surface area contributed by atoms with E-state index >= 15 is 0 Å². The fourth-order valence-electron chi connectivity index (χ4n) is 2.54. The van der Waals surface area contributed by atoms with Crippen LogP contribution in [0.5, 0.6) is 0 Å². The van der Waals surface area contributed by atoms with Gasteiger partial charge in [0.1, 0.15) is 0 Å². The topological polar surface area (TPSA) is 95.1 Å². The minimum absolute atomic E-state index is 0.0173. The number of amides is 1. The largest absolute Gasteiger partial charge is 0.326 e. The minimum atomic E-state index is -0.0173. The Hall–Kier alpha value is -2.35. The molecule has 1 aliphatic carbocycles. The maximum absolute atomic E-state index is 11.9. The molecule has 3 N–H and O–H groups in total. The summed E-state index contributed by atoms with van der Waals surface area (Å²) in [4.78, 5) is 16.2. The summed E-state index contributed by atoms with van der Waals surface area (Å²) in [5.41, 5.74) is 4.93. The van der Waals surface area contributed by atoms with Gasteiger partial charge in [-0.05, 0) is 37.8 Å². The number of H-pyrrole nitrogens is 1. The molecule has 1 saturated carbocycles. The number of anilines is 2. The second-order valence-electron chi connectivity index (χ2n) is 5.83. The van der Waals surface area contributed by atoms with Gasteiger partial charge in [-0.3, -0.25) is 4.79 Å². The molecule has 0 aliphatic heterocycles. The molecule has 1 heterocycles. The van der Waals surface area contributed by atoms with Gasteiger partial charge in [0.2, 0.25) is 17.0 Å². The molecular weight excluding hydrogens is 336 g/mol. The molecule has 1 amide bonds. The number of carbonyl (C=O) groups excluding carboxylic acids is 1. The molecule has 7 nitrogen and oxygen atoms in total. The van der Waals surface area contributed by atoms with Gasteiger partial charge in [0, 0.05) is 23.6 Å². The number of nitrogens with zero attached hydrogens (tertiary/aromatic N) is 3. The molecule has 0 atom stereocenters. The van der Waals surface area contributed by atoms with E-state index in [-0.39, 0.29) is 5.91 Å². The van der Waals surface area contributed by atoms with Crippen LogP contribution < -0.4 is 10.7 Å². The van der Waals surface area contributed by atoms with Crippen molar-refractivity contribution in [3.8, 4) is 0 Å². The third kappa shape index (κ3) is 5.90. The van der Waals surface area contributed by atoms with E-state index in [0.29, 0.717) is 23.3 Å². The van der Waals surface area contributed by atoms with Gasteiger partial charge in [-0.1, -0.05) is 36.4 Å². The number of hydrogen-bond donors (Lipinski definition) is 3. The van der Waals surface area contributed by atoms with Crippen LogP contribution in [0.4, 0.5) is 11.6 Å². The molecule has 1 fully saturated rings. The predicted octanol–water partition coefficient (Wildman–Crippen LogP) is 3.66. The van der Waals surface area contributed by atoms with E-state index in [4.69, 9.17) is 0 Å². The lowest BCUT2D eigenvalue weighted by molar-refractivity contribution is -0.115. The van der Waals surface area contributed by atoms with Crippen molar-refractivity contribution in [1.82, 2.24) is 15.2 Å². The van der Waals surface area contributed by atoms with Crippen LogP contribution in [-0.2, 0) is 4.79 Å². The highest BCUT2D eigenvalue weighted by Gasteiger charge is 2.08. The van der Waals surface area contributed by atoms with E-state index < -0.39 is 0 Å². The SMILES string of the molecule is O=C(CCSc1n[nH]c(NN=C2CCCCC2)n1)Nc1ccccc1. The van der Waals surface area contributed by atoms with Crippen LogP contribution in [0.3, 0.4) is 0 Å². The van der Waals surface area contributed by atoms with Gasteiger partial charge in [0.15, 0.2) is 0 Å². The van der Waals surface area contributed by atoms with Crippen LogP contribution in [0.2, 0.25) is 0 Å². The molecule has 25 heavy (non-hydrogen) atoms. The molecule has 0 bridgehead atoms. The van der Waals surface area contributed by atoms with Crippen molar-refractivity contribution in [2.45, 2.75) is 43.7 Å². The first-order chi connectivity index (χ1) is 12.3. The lowest BCUT2D eigenvalue weighted by Gasteiger charge is -2.11. The Bertz CT molecular complexity index is 707. The second-order valence-corrected chi connectivity index (χ2v) is 6.89. The Kier molecular flexibility index (Phi) is 6.44. The Morgan fingerprint density at radius 1 is 1.20 bits per heavy atom. The average molecular weight is 358 g/mol. The van der Waals surface area contributed by atoms with Gasteiger partial charge in [-0.2, -0.15) is 10.1 Å². The number of rotatable bonds is 7. The maximum Gasteiger partial charge on any atom is 0.240 e. The highest BCUT2D eigenvalue weighted by atomic mass is 32.2. The molecule has 132 valence electrons. The Morgan fingerprint density at radius 2 is 2.00 bits per heavy atom. The zero-order chi connectivity index (χ0) is 17.3. The van der Waals surface area contributed by atoms with Crippen molar-refractivity contribution in [2.24, 2.45) is 5.10 Å². The standard InChI is InChI=1S/C17H22N6OS/c24-15(18-13-7-3-1-4-8-13)11-12-25-17-19-16(22-23-17)21-20-14-9-5-2-6-10-14/h1,3-4,7-8H,2,5-6,9-12H2,(H,18,24)(H2,19,21,22,23). The molecule has 3 rings (SSSR count). The Morgan fingerprint density at radius 3 is 2.80 bits per heavy atom. The average Bonchev–Trinajstić information content (AvgIpc) is 3.09. The number of thioether (sulfide) groups is 1. The number of benzene rings is 1. The highest BCUT2D eigenvalue weighted by molar-refractivity contribution is 7.99. The predicted molar refractivity (Wildman–Crippen MR) is 101 cm³/mol. The summed E-state index contributed by atoms with van der Waals surface area (Å²) in [5.74, 6) is 1.13. The van der Waals surface area contributed by atoms with E-state index in [9.17, 15) is 4.79 Å². The Labute approximate surface area is 151 Å². The fraction of sp³-hybridized carbons (Fsp3) is 0.412. The molecule has 0 unspecified atom stereocenters. The molecule has 0 spiro atoms. The van der Waals surface area contributed by atoms with E-state index in [0.717, 1.165) is 18.5 Å². The minimum Gasteiger partial charge on any atom is -0.326 e. The smallest absolute Gasteiger partial charge is 0.240 e. The fourth-order valence-corrected chi connectivity index (χ4v) is 3.28. The summed E-state index contributed by atoms with van der Waals surface area (Å²) >= 11 is 1.44. The molecule has 2 aromatic rings. The molecule has 1 aliphatic rings. The van der Waals surface area contributed by atoms with Crippen LogP contribution in [0.1, 0.15) is 38.5 Å². The van der Waals surface area contributed by atoms with E-state index in [1.54, 1.807) is 0 Å². The van der Waals surface area contributed by atoms with Crippen molar-refractivity contribution in [1.29, 1.82) is 0 Å². The summed E-state index contributed by atoms with van der Waals surface area (Å²) in [7, 11) is 0. The van der Waals surface area contributed by atoms with Gasteiger partial charge in [0.25, 0.3) is 0 Å². The summed E-state index contributed by atoms with van der Waals surface area (Å²) < 4.78 is 0. The number of nitrogens with one attached hydrogen (secondary N) is 3. The lowest BCUT2D eigenvalue weighted by Crippen LogP contribution is -2.11. The van der Waals surface area contributed by atoms with Crippen LogP contribution in [0.25, 0.3) is 0 Å². The van der Waals surface area contributed by atoms with Gasteiger partial charge >= 0.3 is 0 Å². The third-order valence-electron chi connectivity index (χ3n) is 3.83. The van der Waals surface area contributed by atoms with Crippen molar-refractivity contribution < 1.29 is 4.79 Å². The van der Waals surface area contributed by atoms with Gasteiger partial charge in [0.05, 0.1) is 0 Å². The van der Waals surface area contributed by atoms with E-state index in [1.165, 1.54) is 36.7 Å². The Balaban J connectivity index is 1.39. The van der Waals surface area contributed by atoms with Crippen molar-refractivity contribution >= 4 is 35.0 Å². The molecule has 0 saturated heterocycles. The quantitative estimate of drug-likeness (QED) is 0.519. The van der Waals surface area contributed by atoms with Crippen LogP contribution >= 0.6 is 11.8 Å². The maximum atomic E-state index is 11.9. The van der Waals surface area contributed by atoms with Gasteiger partial charge in [-0.15, -0.1) is 5.10 Å². The first kappa shape index (κ1) is 17.5. The highest BCUT2D eigenvalue weighted by Crippen LogP contribution is 2.17. The van der Waals surface area contributed by atoms with Crippen LogP contribution in [0.15, 0.2) is 40.6 Å². The number of aromatic nitrogens is 3. The first-order valence-electron chi connectivity index (χ1n) is 8.51. The molecular formula is C17H22N6OS. The van der Waals surface area contributed by atoms with E-state index in [2.05, 4.69) is 31.0 Å². The zero-order valence-electron chi connectivity index (χ0n) is 14.0. The molecule has 1 aromatic heterocycles. The van der Waals surface area contributed by atoms with Crippen molar-refractivity contribution in [3.05, 3.63) is 30.3 Å². The number of para-hydroxylation sites is 1. The lowest BCUT2D eigenvalue weighted by atomic mass is 9.99. The summed E-state index contributed by atoms with van der Waals surface area (Å²) in [6.07, 6.45) is 6.23. The number of aromatic amines is 1. The summed E-state index contributed by atoms with van der Waals surface area (Å²) in [6, 6.07) is 9.43. The molecule has 8 heteroatoms. The van der Waals surface area contributed by atoms with Crippen LogP contribution in [-0.4, -0.2) is 32.6 Å². The number of carbonyl (C=O) groups is 1. The molecule has 1 aromatic carbocycles. The van der Waals surface area contributed by atoms with Gasteiger partial charge in [-0.25, -0.2) is 10.5 Å².